The highest BCUT2D eigenvalue weighted by molar-refractivity contribution is 7.93. The third kappa shape index (κ3) is 4.32. The fraction of sp³-hybridized carbons (Fsp3) is 0.115. The Morgan fingerprint density at radius 3 is 2.24 bits per heavy atom. The van der Waals surface area contributed by atoms with Crippen molar-refractivity contribution < 1.29 is 22.7 Å². The number of aromatic carboxylic acids is 1. The molecule has 168 valence electrons. The molecule has 0 fully saturated rings. The number of anilines is 1. The van der Waals surface area contributed by atoms with Gasteiger partial charge in [0.2, 0.25) is 0 Å². The highest BCUT2D eigenvalue weighted by Gasteiger charge is 2.21. The lowest BCUT2D eigenvalue weighted by Crippen LogP contribution is -2.14. The van der Waals surface area contributed by atoms with Gasteiger partial charge in [0.15, 0.2) is 0 Å². The summed E-state index contributed by atoms with van der Waals surface area (Å²) < 4.78 is 42.6. The normalized spacial score (nSPS) is 11.6. The SMILES string of the molecule is CC(C)c1ccccc1-c1ccc(S(=O)(=O)Nc2ccc(F)c(C(=O)O)c2)c2ccccc12. The summed E-state index contributed by atoms with van der Waals surface area (Å²) in [6.45, 7) is 4.22. The van der Waals surface area contributed by atoms with Crippen LogP contribution in [0.2, 0.25) is 0 Å². The number of hydrogen-bond donors (Lipinski definition) is 2. The summed E-state index contributed by atoms with van der Waals surface area (Å²) >= 11 is 0. The summed E-state index contributed by atoms with van der Waals surface area (Å²) in [6.07, 6.45) is 0. The van der Waals surface area contributed by atoms with Crippen molar-refractivity contribution >= 4 is 32.5 Å². The van der Waals surface area contributed by atoms with Crippen LogP contribution >= 0.6 is 0 Å². The van der Waals surface area contributed by atoms with E-state index in [0.29, 0.717) is 5.39 Å². The number of halogens is 1. The molecule has 0 aliphatic carbocycles. The molecule has 0 saturated heterocycles. The van der Waals surface area contributed by atoms with E-state index in [9.17, 15) is 17.6 Å². The number of benzene rings is 4. The number of carboxylic acids is 1. The first-order valence-electron chi connectivity index (χ1n) is 10.4. The smallest absolute Gasteiger partial charge is 0.338 e. The van der Waals surface area contributed by atoms with Gasteiger partial charge < -0.3 is 5.11 Å². The van der Waals surface area contributed by atoms with Crippen LogP contribution in [0.15, 0.2) is 83.8 Å². The Morgan fingerprint density at radius 2 is 1.55 bits per heavy atom. The van der Waals surface area contributed by atoms with Crippen LogP contribution in [-0.2, 0) is 10.0 Å². The van der Waals surface area contributed by atoms with Crippen molar-refractivity contribution in [3.63, 3.8) is 0 Å². The van der Waals surface area contributed by atoms with Crippen molar-refractivity contribution in [2.24, 2.45) is 0 Å². The molecular formula is C26H22FNO4S. The summed E-state index contributed by atoms with van der Waals surface area (Å²) in [5.41, 5.74) is 2.46. The van der Waals surface area contributed by atoms with Gasteiger partial charge in [0.1, 0.15) is 5.82 Å². The molecule has 7 heteroatoms. The predicted molar refractivity (Wildman–Crippen MR) is 128 cm³/mol. The van der Waals surface area contributed by atoms with Gasteiger partial charge in [-0.3, -0.25) is 4.72 Å². The van der Waals surface area contributed by atoms with Crippen molar-refractivity contribution in [2.75, 3.05) is 4.72 Å². The Bertz CT molecular complexity index is 1480. The average molecular weight is 464 g/mol. The Labute approximate surface area is 191 Å². The van der Waals surface area contributed by atoms with Gasteiger partial charge in [-0.1, -0.05) is 68.4 Å². The number of rotatable bonds is 6. The Kier molecular flexibility index (Phi) is 5.91. The summed E-state index contributed by atoms with van der Waals surface area (Å²) in [5.74, 6) is -2.14. The Balaban J connectivity index is 1.85. The van der Waals surface area contributed by atoms with E-state index in [2.05, 4.69) is 24.6 Å². The monoisotopic (exact) mass is 463 g/mol. The van der Waals surface area contributed by atoms with E-state index >= 15 is 0 Å². The third-order valence-electron chi connectivity index (χ3n) is 5.50. The van der Waals surface area contributed by atoms with Crippen LogP contribution in [0.4, 0.5) is 10.1 Å². The first-order valence-corrected chi connectivity index (χ1v) is 11.8. The molecule has 0 atom stereocenters. The molecule has 0 aliphatic rings. The fourth-order valence-electron chi connectivity index (χ4n) is 3.95. The van der Waals surface area contributed by atoms with Gasteiger partial charge in [0.05, 0.1) is 10.5 Å². The van der Waals surface area contributed by atoms with Gasteiger partial charge in [-0.15, -0.1) is 0 Å². The molecule has 2 N–H and O–H groups in total. The standard InChI is InChI=1S/C26H22FNO4S/c1-16(2)18-7-3-4-8-19(18)21-12-14-25(22-10-6-5-9-20(21)22)33(31,32)28-17-11-13-24(27)23(15-17)26(29)30/h3-16,28H,1-2H3,(H,29,30). The molecule has 0 radical (unpaired) electrons. The number of fused-ring (bicyclic) bond motifs is 1. The molecule has 33 heavy (non-hydrogen) atoms. The van der Waals surface area contributed by atoms with Crippen LogP contribution in [0.25, 0.3) is 21.9 Å². The van der Waals surface area contributed by atoms with Crippen LogP contribution in [0.5, 0.6) is 0 Å². The molecule has 4 aromatic rings. The van der Waals surface area contributed by atoms with E-state index in [0.717, 1.165) is 34.2 Å². The van der Waals surface area contributed by atoms with Crippen LogP contribution in [0.1, 0.15) is 35.7 Å². The minimum Gasteiger partial charge on any atom is -0.478 e. The van der Waals surface area contributed by atoms with Crippen molar-refractivity contribution in [1.29, 1.82) is 0 Å². The number of carboxylic acid groups (broad SMARTS) is 1. The molecule has 4 rings (SSSR count). The van der Waals surface area contributed by atoms with Gasteiger partial charge in [-0.25, -0.2) is 17.6 Å². The summed E-state index contributed by atoms with van der Waals surface area (Å²) in [6, 6.07) is 21.7. The predicted octanol–water partition coefficient (Wildman–Crippen LogP) is 6.27. The maximum absolute atomic E-state index is 13.7. The zero-order valence-electron chi connectivity index (χ0n) is 18.0. The lowest BCUT2D eigenvalue weighted by molar-refractivity contribution is 0.0692. The number of nitrogens with one attached hydrogen (secondary N) is 1. The van der Waals surface area contributed by atoms with Gasteiger partial charge in [0, 0.05) is 11.1 Å². The van der Waals surface area contributed by atoms with Gasteiger partial charge in [-0.2, -0.15) is 0 Å². The van der Waals surface area contributed by atoms with Gasteiger partial charge in [0.25, 0.3) is 10.0 Å². The molecule has 0 unspecified atom stereocenters. The van der Waals surface area contributed by atoms with Crippen molar-refractivity contribution in [2.45, 2.75) is 24.7 Å². The first-order chi connectivity index (χ1) is 15.7. The van der Waals surface area contributed by atoms with Crippen molar-refractivity contribution in [1.82, 2.24) is 0 Å². The minimum absolute atomic E-state index is 0.0351. The third-order valence-corrected chi connectivity index (χ3v) is 6.93. The lowest BCUT2D eigenvalue weighted by atomic mass is 9.90. The Morgan fingerprint density at radius 1 is 0.879 bits per heavy atom. The number of hydrogen-bond acceptors (Lipinski definition) is 3. The second-order valence-corrected chi connectivity index (χ2v) is 9.65. The molecule has 0 spiro atoms. The van der Waals surface area contributed by atoms with Gasteiger partial charge >= 0.3 is 5.97 Å². The molecule has 0 amide bonds. The molecule has 0 heterocycles. The van der Waals surface area contributed by atoms with E-state index in [4.69, 9.17) is 5.11 Å². The van der Waals surface area contributed by atoms with Crippen molar-refractivity contribution in [3.8, 4) is 11.1 Å². The first kappa shape index (κ1) is 22.5. The van der Waals surface area contributed by atoms with E-state index in [1.165, 1.54) is 6.07 Å². The second-order valence-electron chi connectivity index (χ2n) is 8.00. The van der Waals surface area contributed by atoms with E-state index in [1.54, 1.807) is 24.3 Å². The quantitative estimate of drug-likeness (QED) is 0.353. The van der Waals surface area contributed by atoms with Crippen LogP contribution in [0.3, 0.4) is 0 Å². The topological polar surface area (TPSA) is 83.5 Å². The molecule has 4 aromatic carbocycles. The zero-order valence-corrected chi connectivity index (χ0v) is 18.9. The molecule has 0 aliphatic heterocycles. The van der Waals surface area contributed by atoms with Crippen molar-refractivity contribution in [3.05, 3.63) is 95.8 Å². The highest BCUT2D eigenvalue weighted by atomic mass is 32.2. The number of sulfonamides is 1. The average Bonchev–Trinajstić information content (AvgIpc) is 2.79. The van der Waals surface area contributed by atoms with Crippen LogP contribution in [0, 0.1) is 5.82 Å². The highest BCUT2D eigenvalue weighted by Crippen LogP contribution is 2.37. The summed E-state index contributed by atoms with van der Waals surface area (Å²) in [4.78, 5) is 11.3. The Hall–Kier alpha value is -3.71. The maximum atomic E-state index is 13.7. The van der Waals surface area contributed by atoms with E-state index in [1.807, 2.05) is 30.3 Å². The minimum atomic E-state index is -4.09. The molecule has 0 aromatic heterocycles. The van der Waals surface area contributed by atoms with E-state index in [-0.39, 0.29) is 16.5 Å². The van der Waals surface area contributed by atoms with E-state index < -0.39 is 27.4 Å². The summed E-state index contributed by atoms with van der Waals surface area (Å²) in [5, 5.41) is 10.4. The maximum Gasteiger partial charge on any atom is 0.338 e. The van der Waals surface area contributed by atoms with Gasteiger partial charge in [-0.05, 0) is 52.3 Å². The molecule has 0 bridgehead atoms. The molecule has 5 nitrogen and oxygen atoms in total. The lowest BCUT2D eigenvalue weighted by Gasteiger charge is -2.17. The molecule has 0 saturated carbocycles. The fourth-order valence-corrected chi connectivity index (χ4v) is 5.21. The number of carbonyl (C=O) groups is 1. The second kappa shape index (κ2) is 8.67. The molecular weight excluding hydrogens is 441 g/mol. The van der Waals surface area contributed by atoms with Crippen LogP contribution < -0.4 is 4.72 Å². The summed E-state index contributed by atoms with van der Waals surface area (Å²) in [7, 11) is -4.09. The zero-order chi connectivity index (χ0) is 23.8. The van der Waals surface area contributed by atoms with Crippen LogP contribution in [-0.4, -0.2) is 19.5 Å². The largest absolute Gasteiger partial charge is 0.478 e.